The number of benzene rings is 1. The van der Waals surface area contributed by atoms with Crippen LogP contribution >= 0.6 is 0 Å². The van der Waals surface area contributed by atoms with E-state index in [1.54, 1.807) is 10.9 Å². The molecule has 3 heteroatoms. The van der Waals surface area contributed by atoms with Crippen molar-refractivity contribution in [2.45, 2.75) is 13.8 Å². The fourth-order valence-electron chi connectivity index (χ4n) is 1.53. The minimum absolute atomic E-state index is 0.668. The maximum absolute atomic E-state index is 10.9. The Balaban J connectivity index is 2.65. The molecule has 2 aromatic rings. The third kappa shape index (κ3) is 1.68. The summed E-state index contributed by atoms with van der Waals surface area (Å²) in [6.45, 7) is 4.02. The van der Waals surface area contributed by atoms with Crippen LogP contribution in [0.25, 0.3) is 5.69 Å². The molecule has 0 bridgehead atoms. The van der Waals surface area contributed by atoms with Crippen molar-refractivity contribution in [1.29, 1.82) is 0 Å². The molecule has 0 atom stereocenters. The molecule has 1 aromatic carbocycles. The van der Waals surface area contributed by atoms with E-state index < -0.39 is 0 Å². The molecule has 1 heterocycles. The van der Waals surface area contributed by atoms with Gasteiger partial charge in [0, 0.05) is 18.0 Å². The first-order valence-corrected chi connectivity index (χ1v) is 4.79. The first-order chi connectivity index (χ1) is 7.22. The molecule has 2 rings (SSSR count). The zero-order valence-corrected chi connectivity index (χ0v) is 8.77. The lowest BCUT2D eigenvalue weighted by molar-refractivity contribution is 0.112. The van der Waals surface area contributed by atoms with Gasteiger partial charge in [-0.25, -0.2) is 4.68 Å². The van der Waals surface area contributed by atoms with E-state index in [0.29, 0.717) is 5.56 Å². The van der Waals surface area contributed by atoms with Gasteiger partial charge in [-0.1, -0.05) is 0 Å². The molecule has 0 radical (unpaired) electrons. The SMILES string of the molecule is Cc1cc(C=O)c(-n2cccn2)cc1C. The van der Waals surface area contributed by atoms with Crippen LogP contribution in [0.2, 0.25) is 0 Å². The Labute approximate surface area is 88.4 Å². The van der Waals surface area contributed by atoms with Crippen LogP contribution in [0.5, 0.6) is 0 Å². The number of aromatic nitrogens is 2. The lowest BCUT2D eigenvalue weighted by atomic mass is 10.0. The zero-order valence-electron chi connectivity index (χ0n) is 8.77. The summed E-state index contributed by atoms with van der Waals surface area (Å²) in [4.78, 5) is 10.9. The van der Waals surface area contributed by atoms with Crippen molar-refractivity contribution in [3.8, 4) is 5.69 Å². The van der Waals surface area contributed by atoms with Crippen molar-refractivity contribution in [3.05, 3.63) is 47.3 Å². The number of hydrogen-bond donors (Lipinski definition) is 0. The quantitative estimate of drug-likeness (QED) is 0.697. The highest BCUT2D eigenvalue weighted by Crippen LogP contribution is 2.17. The van der Waals surface area contributed by atoms with E-state index in [-0.39, 0.29) is 0 Å². The molecule has 15 heavy (non-hydrogen) atoms. The van der Waals surface area contributed by atoms with Crippen LogP contribution in [0.4, 0.5) is 0 Å². The van der Waals surface area contributed by atoms with Gasteiger partial charge in [-0.2, -0.15) is 5.10 Å². The van der Waals surface area contributed by atoms with E-state index in [0.717, 1.165) is 23.1 Å². The second-order valence-electron chi connectivity index (χ2n) is 3.56. The molecule has 1 aromatic heterocycles. The van der Waals surface area contributed by atoms with E-state index in [4.69, 9.17) is 0 Å². The van der Waals surface area contributed by atoms with Crippen molar-refractivity contribution < 1.29 is 4.79 Å². The predicted octanol–water partition coefficient (Wildman–Crippen LogP) is 2.30. The smallest absolute Gasteiger partial charge is 0.152 e. The van der Waals surface area contributed by atoms with E-state index in [1.807, 2.05) is 38.2 Å². The maximum atomic E-state index is 10.9. The van der Waals surface area contributed by atoms with Gasteiger partial charge in [-0.15, -0.1) is 0 Å². The molecular formula is C12H12N2O. The fraction of sp³-hybridized carbons (Fsp3) is 0.167. The molecule has 0 saturated heterocycles. The van der Waals surface area contributed by atoms with Crippen LogP contribution in [0.3, 0.4) is 0 Å². The molecule has 0 spiro atoms. The minimum Gasteiger partial charge on any atom is -0.298 e. The zero-order chi connectivity index (χ0) is 10.8. The number of aryl methyl sites for hydroxylation is 2. The molecule has 0 aliphatic carbocycles. The number of aldehydes is 1. The Morgan fingerprint density at radius 1 is 1.27 bits per heavy atom. The fourth-order valence-corrected chi connectivity index (χ4v) is 1.53. The molecule has 0 saturated carbocycles. The molecule has 0 N–H and O–H groups in total. The van der Waals surface area contributed by atoms with E-state index in [9.17, 15) is 4.79 Å². The summed E-state index contributed by atoms with van der Waals surface area (Å²) < 4.78 is 1.70. The van der Waals surface area contributed by atoms with Crippen LogP contribution in [0, 0.1) is 13.8 Å². The van der Waals surface area contributed by atoms with Crippen LogP contribution < -0.4 is 0 Å². The van der Waals surface area contributed by atoms with Gasteiger partial charge in [0.1, 0.15) is 0 Å². The average molecular weight is 200 g/mol. The second kappa shape index (κ2) is 3.69. The van der Waals surface area contributed by atoms with Gasteiger partial charge in [-0.3, -0.25) is 4.79 Å². The monoisotopic (exact) mass is 200 g/mol. The van der Waals surface area contributed by atoms with Gasteiger partial charge >= 0.3 is 0 Å². The largest absolute Gasteiger partial charge is 0.298 e. The van der Waals surface area contributed by atoms with Crippen LogP contribution in [-0.4, -0.2) is 16.1 Å². The van der Waals surface area contributed by atoms with Crippen LogP contribution in [0.15, 0.2) is 30.6 Å². The topological polar surface area (TPSA) is 34.9 Å². The van der Waals surface area contributed by atoms with E-state index >= 15 is 0 Å². The van der Waals surface area contributed by atoms with Crippen molar-refractivity contribution >= 4 is 6.29 Å². The normalized spacial score (nSPS) is 10.3. The third-order valence-electron chi connectivity index (χ3n) is 2.52. The first-order valence-electron chi connectivity index (χ1n) is 4.79. The molecule has 3 nitrogen and oxygen atoms in total. The van der Waals surface area contributed by atoms with Gasteiger partial charge in [-0.05, 0) is 43.2 Å². The van der Waals surface area contributed by atoms with Crippen molar-refractivity contribution in [1.82, 2.24) is 9.78 Å². The van der Waals surface area contributed by atoms with Crippen LogP contribution in [0.1, 0.15) is 21.5 Å². The third-order valence-corrected chi connectivity index (χ3v) is 2.52. The number of nitrogens with zero attached hydrogens (tertiary/aromatic N) is 2. The summed E-state index contributed by atoms with van der Waals surface area (Å²) in [6, 6.07) is 5.70. The number of hydrogen-bond acceptors (Lipinski definition) is 2. The van der Waals surface area contributed by atoms with Crippen LogP contribution in [-0.2, 0) is 0 Å². The highest BCUT2D eigenvalue weighted by Gasteiger charge is 2.06. The lowest BCUT2D eigenvalue weighted by Crippen LogP contribution is -2.01. The summed E-state index contributed by atoms with van der Waals surface area (Å²) >= 11 is 0. The second-order valence-corrected chi connectivity index (χ2v) is 3.56. The highest BCUT2D eigenvalue weighted by molar-refractivity contribution is 5.81. The maximum Gasteiger partial charge on any atom is 0.152 e. The molecule has 0 unspecified atom stereocenters. The molecule has 0 aliphatic rings. The van der Waals surface area contributed by atoms with Crippen molar-refractivity contribution in [3.63, 3.8) is 0 Å². The number of rotatable bonds is 2. The van der Waals surface area contributed by atoms with E-state index in [1.165, 1.54) is 0 Å². The number of carbonyl (C=O) groups excluding carboxylic acids is 1. The Kier molecular flexibility index (Phi) is 2.37. The summed E-state index contributed by atoms with van der Waals surface area (Å²) in [7, 11) is 0. The van der Waals surface area contributed by atoms with Gasteiger partial charge in [0.15, 0.2) is 6.29 Å². The Morgan fingerprint density at radius 3 is 2.60 bits per heavy atom. The lowest BCUT2D eigenvalue weighted by Gasteiger charge is -2.08. The van der Waals surface area contributed by atoms with Crippen molar-refractivity contribution in [2.75, 3.05) is 0 Å². The van der Waals surface area contributed by atoms with Gasteiger partial charge in [0.25, 0.3) is 0 Å². The first kappa shape index (κ1) is 9.65. The summed E-state index contributed by atoms with van der Waals surface area (Å²) in [5, 5.41) is 4.12. The Bertz CT molecular complexity index is 487. The molecular weight excluding hydrogens is 188 g/mol. The summed E-state index contributed by atoms with van der Waals surface area (Å²) in [5.41, 5.74) is 3.78. The molecule has 0 fully saturated rings. The molecule has 76 valence electrons. The molecule has 0 amide bonds. The number of carbonyl (C=O) groups is 1. The van der Waals surface area contributed by atoms with Gasteiger partial charge in [0.2, 0.25) is 0 Å². The summed E-state index contributed by atoms with van der Waals surface area (Å²) in [6.07, 6.45) is 4.39. The van der Waals surface area contributed by atoms with Gasteiger partial charge in [0.05, 0.1) is 5.69 Å². The summed E-state index contributed by atoms with van der Waals surface area (Å²) in [5.74, 6) is 0. The predicted molar refractivity (Wildman–Crippen MR) is 58.4 cm³/mol. The minimum atomic E-state index is 0.668. The Hall–Kier alpha value is -1.90. The van der Waals surface area contributed by atoms with Gasteiger partial charge < -0.3 is 0 Å². The standard InChI is InChI=1S/C12H12N2O/c1-9-6-11(8-15)12(7-10(9)2)14-5-3-4-13-14/h3-8H,1-2H3. The van der Waals surface area contributed by atoms with E-state index in [2.05, 4.69) is 5.10 Å². The van der Waals surface area contributed by atoms with Crippen molar-refractivity contribution in [2.24, 2.45) is 0 Å². The average Bonchev–Trinajstić information content (AvgIpc) is 2.74. The Morgan fingerprint density at radius 2 is 2.00 bits per heavy atom. The highest BCUT2D eigenvalue weighted by atomic mass is 16.1. The molecule has 0 aliphatic heterocycles.